The standard InChI is InChI=1S/C11H10BrClN2O/c1-15-9(6-16)10(13)14-11(15)7-3-2-4-8(12)5-7/h2-5,16H,6H2,1H3. The molecule has 0 fully saturated rings. The van der Waals surface area contributed by atoms with Gasteiger partial charge in [-0.2, -0.15) is 0 Å². The van der Waals surface area contributed by atoms with E-state index in [4.69, 9.17) is 16.7 Å². The summed E-state index contributed by atoms with van der Waals surface area (Å²) >= 11 is 9.34. The van der Waals surface area contributed by atoms with Crippen LogP contribution in [0.4, 0.5) is 0 Å². The third-order valence-corrected chi connectivity index (χ3v) is 3.19. The van der Waals surface area contributed by atoms with E-state index in [1.807, 2.05) is 31.3 Å². The number of halogens is 2. The van der Waals surface area contributed by atoms with Crippen LogP contribution in [0.1, 0.15) is 5.69 Å². The Morgan fingerprint density at radius 1 is 1.50 bits per heavy atom. The van der Waals surface area contributed by atoms with E-state index in [2.05, 4.69) is 20.9 Å². The lowest BCUT2D eigenvalue weighted by atomic mass is 10.2. The molecule has 3 nitrogen and oxygen atoms in total. The first-order chi connectivity index (χ1) is 7.63. The van der Waals surface area contributed by atoms with Crippen molar-refractivity contribution < 1.29 is 5.11 Å². The summed E-state index contributed by atoms with van der Waals surface area (Å²) in [5, 5.41) is 9.51. The molecule has 2 rings (SSSR count). The number of aliphatic hydroxyl groups excluding tert-OH is 1. The summed E-state index contributed by atoms with van der Waals surface area (Å²) < 4.78 is 2.78. The molecule has 1 N–H and O–H groups in total. The van der Waals surface area contributed by atoms with Crippen LogP contribution in [0.5, 0.6) is 0 Å². The lowest BCUT2D eigenvalue weighted by Gasteiger charge is -2.04. The van der Waals surface area contributed by atoms with Gasteiger partial charge in [-0.25, -0.2) is 4.98 Å². The number of rotatable bonds is 2. The average molecular weight is 302 g/mol. The number of hydrogen-bond acceptors (Lipinski definition) is 2. The fourth-order valence-electron chi connectivity index (χ4n) is 1.56. The third-order valence-electron chi connectivity index (χ3n) is 2.40. The highest BCUT2D eigenvalue weighted by atomic mass is 79.9. The monoisotopic (exact) mass is 300 g/mol. The average Bonchev–Trinajstić information content (AvgIpc) is 2.54. The van der Waals surface area contributed by atoms with Gasteiger partial charge in [0.1, 0.15) is 5.82 Å². The molecule has 84 valence electrons. The molecule has 0 amide bonds. The highest BCUT2D eigenvalue weighted by Crippen LogP contribution is 2.26. The summed E-state index contributed by atoms with van der Waals surface area (Å²) in [7, 11) is 1.83. The lowest BCUT2D eigenvalue weighted by Crippen LogP contribution is -1.98. The SMILES string of the molecule is Cn1c(-c2cccc(Br)c2)nc(Cl)c1CO. The van der Waals surface area contributed by atoms with Crippen molar-refractivity contribution >= 4 is 27.5 Å². The van der Waals surface area contributed by atoms with Crippen LogP contribution in [-0.2, 0) is 13.7 Å². The number of benzene rings is 1. The molecule has 0 aliphatic carbocycles. The predicted octanol–water partition coefficient (Wildman–Crippen LogP) is 3.00. The maximum Gasteiger partial charge on any atom is 0.153 e. The predicted molar refractivity (Wildman–Crippen MR) is 67.3 cm³/mol. The Kier molecular flexibility index (Phi) is 3.33. The van der Waals surface area contributed by atoms with Gasteiger partial charge in [0.05, 0.1) is 12.3 Å². The first-order valence-corrected chi connectivity index (χ1v) is 5.88. The highest BCUT2D eigenvalue weighted by Gasteiger charge is 2.13. The Labute approximate surface area is 107 Å². The van der Waals surface area contributed by atoms with Crippen LogP contribution in [0.3, 0.4) is 0 Å². The van der Waals surface area contributed by atoms with Crippen molar-refractivity contribution in [1.29, 1.82) is 0 Å². The summed E-state index contributed by atoms with van der Waals surface area (Å²) in [6.45, 7) is -0.115. The normalized spacial score (nSPS) is 10.8. The Hall–Kier alpha value is -0.840. The Morgan fingerprint density at radius 2 is 2.25 bits per heavy atom. The molecule has 2 aromatic rings. The van der Waals surface area contributed by atoms with Crippen LogP contribution < -0.4 is 0 Å². The minimum absolute atomic E-state index is 0.115. The quantitative estimate of drug-likeness (QED) is 0.926. The highest BCUT2D eigenvalue weighted by molar-refractivity contribution is 9.10. The summed E-state index contributed by atoms with van der Waals surface area (Å²) in [5.41, 5.74) is 1.58. The van der Waals surface area contributed by atoms with Crippen molar-refractivity contribution in [1.82, 2.24) is 9.55 Å². The van der Waals surface area contributed by atoms with Crippen LogP contribution in [0, 0.1) is 0 Å². The van der Waals surface area contributed by atoms with E-state index < -0.39 is 0 Å². The zero-order chi connectivity index (χ0) is 11.7. The number of nitrogens with zero attached hydrogens (tertiary/aromatic N) is 2. The van der Waals surface area contributed by atoms with Crippen molar-refractivity contribution in [3.63, 3.8) is 0 Å². The summed E-state index contributed by atoms with van der Waals surface area (Å²) in [5.74, 6) is 0.746. The van der Waals surface area contributed by atoms with E-state index in [0.717, 1.165) is 15.9 Å². The van der Waals surface area contributed by atoms with Gasteiger partial charge in [-0.1, -0.05) is 39.7 Å². The molecule has 0 unspecified atom stereocenters. The van der Waals surface area contributed by atoms with Crippen LogP contribution >= 0.6 is 27.5 Å². The maximum absolute atomic E-state index is 9.16. The van der Waals surface area contributed by atoms with Crippen molar-refractivity contribution in [3.05, 3.63) is 39.6 Å². The molecule has 0 radical (unpaired) electrons. The van der Waals surface area contributed by atoms with Crippen molar-refractivity contribution in [3.8, 4) is 11.4 Å². The van der Waals surface area contributed by atoms with Crippen LogP contribution in [0.15, 0.2) is 28.7 Å². The molecule has 0 bridgehead atoms. The minimum Gasteiger partial charge on any atom is -0.390 e. The molecule has 1 aromatic heterocycles. The largest absolute Gasteiger partial charge is 0.390 e. The molecule has 0 saturated carbocycles. The maximum atomic E-state index is 9.16. The molecule has 0 aliphatic heterocycles. The van der Waals surface area contributed by atoms with E-state index in [-0.39, 0.29) is 6.61 Å². The zero-order valence-corrected chi connectivity index (χ0v) is 11.0. The fourth-order valence-corrected chi connectivity index (χ4v) is 2.22. The smallest absolute Gasteiger partial charge is 0.153 e. The molecule has 1 aromatic carbocycles. The zero-order valence-electron chi connectivity index (χ0n) is 8.61. The topological polar surface area (TPSA) is 38.0 Å². The van der Waals surface area contributed by atoms with Crippen LogP contribution in [0.2, 0.25) is 5.15 Å². The molecule has 0 spiro atoms. The molecular weight excluding hydrogens is 291 g/mol. The van der Waals surface area contributed by atoms with Crippen molar-refractivity contribution in [2.45, 2.75) is 6.61 Å². The molecule has 1 heterocycles. The Bertz CT molecular complexity index is 525. The second-order valence-electron chi connectivity index (χ2n) is 3.40. The fraction of sp³-hybridized carbons (Fsp3) is 0.182. The molecule has 5 heteroatoms. The molecule has 16 heavy (non-hydrogen) atoms. The molecule has 0 atom stereocenters. The van der Waals surface area contributed by atoms with Gasteiger partial charge in [-0.3, -0.25) is 0 Å². The summed E-state index contributed by atoms with van der Waals surface area (Å²) in [4.78, 5) is 4.24. The Balaban J connectivity index is 2.56. The molecule has 0 saturated heterocycles. The van der Waals surface area contributed by atoms with Gasteiger partial charge in [0, 0.05) is 17.1 Å². The van der Waals surface area contributed by atoms with Gasteiger partial charge in [-0.05, 0) is 12.1 Å². The van der Waals surface area contributed by atoms with Crippen LogP contribution in [0.25, 0.3) is 11.4 Å². The van der Waals surface area contributed by atoms with Crippen molar-refractivity contribution in [2.24, 2.45) is 7.05 Å². The Morgan fingerprint density at radius 3 is 2.81 bits per heavy atom. The first-order valence-electron chi connectivity index (χ1n) is 4.71. The lowest BCUT2D eigenvalue weighted by molar-refractivity contribution is 0.273. The van der Waals surface area contributed by atoms with E-state index >= 15 is 0 Å². The van der Waals surface area contributed by atoms with Gasteiger partial charge in [0.15, 0.2) is 5.15 Å². The van der Waals surface area contributed by atoms with E-state index in [1.54, 1.807) is 4.57 Å². The summed E-state index contributed by atoms with van der Waals surface area (Å²) in [6, 6.07) is 7.78. The van der Waals surface area contributed by atoms with Gasteiger partial charge in [0.2, 0.25) is 0 Å². The van der Waals surface area contributed by atoms with Gasteiger partial charge in [0.25, 0.3) is 0 Å². The third kappa shape index (κ3) is 2.00. The number of aromatic nitrogens is 2. The summed E-state index contributed by atoms with van der Waals surface area (Å²) in [6.07, 6.45) is 0. The van der Waals surface area contributed by atoms with E-state index in [0.29, 0.717) is 10.8 Å². The number of imidazole rings is 1. The number of hydrogen-bond donors (Lipinski definition) is 1. The second-order valence-corrected chi connectivity index (χ2v) is 4.67. The van der Waals surface area contributed by atoms with Gasteiger partial charge >= 0.3 is 0 Å². The van der Waals surface area contributed by atoms with Crippen molar-refractivity contribution in [2.75, 3.05) is 0 Å². The van der Waals surface area contributed by atoms with E-state index in [1.165, 1.54) is 0 Å². The number of aliphatic hydroxyl groups is 1. The van der Waals surface area contributed by atoms with Gasteiger partial charge in [-0.15, -0.1) is 0 Å². The van der Waals surface area contributed by atoms with Crippen LogP contribution in [-0.4, -0.2) is 14.7 Å². The van der Waals surface area contributed by atoms with Gasteiger partial charge < -0.3 is 9.67 Å². The molecular formula is C11H10BrClN2O. The second kappa shape index (κ2) is 4.57. The first kappa shape index (κ1) is 11.6. The molecule has 0 aliphatic rings. The van der Waals surface area contributed by atoms with E-state index in [9.17, 15) is 0 Å². The minimum atomic E-state index is -0.115.